The van der Waals surface area contributed by atoms with Gasteiger partial charge in [0.1, 0.15) is 5.82 Å². The number of imidazole rings is 1. The predicted molar refractivity (Wildman–Crippen MR) is 79.4 cm³/mol. The number of rotatable bonds is 4. The van der Waals surface area contributed by atoms with Crippen molar-refractivity contribution in [2.45, 2.75) is 19.5 Å². The summed E-state index contributed by atoms with van der Waals surface area (Å²) in [6.45, 7) is 2.66. The van der Waals surface area contributed by atoms with Crippen LogP contribution in [-0.2, 0) is 13.6 Å². The molecule has 2 aromatic rings. The Balaban J connectivity index is 2.18. The zero-order valence-electron chi connectivity index (χ0n) is 11.5. The normalized spacial score (nSPS) is 12.5. The van der Waals surface area contributed by atoms with Crippen LogP contribution in [0.4, 0.5) is 5.69 Å². The summed E-state index contributed by atoms with van der Waals surface area (Å²) in [4.78, 5) is 6.43. The average Bonchev–Trinajstić information content (AvgIpc) is 2.74. The average molecular weight is 279 g/mol. The third-order valence-electron chi connectivity index (χ3n) is 3.21. The second kappa shape index (κ2) is 5.63. The fraction of sp³-hybridized carbons (Fsp3) is 0.357. The van der Waals surface area contributed by atoms with Gasteiger partial charge >= 0.3 is 0 Å². The Bertz CT molecular complexity index is 562. The second-order valence-corrected chi connectivity index (χ2v) is 5.21. The molecule has 1 heterocycles. The molecule has 1 aromatic heterocycles. The molecular formula is C14H19ClN4. The van der Waals surface area contributed by atoms with Gasteiger partial charge in [-0.3, -0.25) is 0 Å². The van der Waals surface area contributed by atoms with Crippen LogP contribution in [0.25, 0.3) is 0 Å². The van der Waals surface area contributed by atoms with Crippen molar-refractivity contribution in [1.29, 1.82) is 0 Å². The van der Waals surface area contributed by atoms with Crippen LogP contribution in [0, 0.1) is 0 Å². The molecule has 1 atom stereocenters. The fourth-order valence-corrected chi connectivity index (χ4v) is 2.32. The van der Waals surface area contributed by atoms with Gasteiger partial charge in [0.05, 0.1) is 6.54 Å². The topological polar surface area (TPSA) is 47.1 Å². The Morgan fingerprint density at radius 3 is 2.74 bits per heavy atom. The lowest BCUT2D eigenvalue weighted by Crippen LogP contribution is -2.19. The van der Waals surface area contributed by atoms with Crippen LogP contribution in [-0.4, -0.2) is 16.6 Å². The Morgan fingerprint density at radius 1 is 1.47 bits per heavy atom. The smallest absolute Gasteiger partial charge is 0.127 e. The zero-order chi connectivity index (χ0) is 14.0. The van der Waals surface area contributed by atoms with Crippen LogP contribution in [0.1, 0.15) is 24.4 Å². The number of halogens is 1. The minimum atomic E-state index is -0.0543. The fourth-order valence-electron chi connectivity index (χ4n) is 1.98. The molecule has 2 rings (SSSR count). The monoisotopic (exact) mass is 278 g/mol. The maximum absolute atomic E-state index is 6.25. The van der Waals surface area contributed by atoms with Crippen molar-refractivity contribution in [2.75, 3.05) is 11.9 Å². The van der Waals surface area contributed by atoms with Crippen LogP contribution < -0.4 is 10.6 Å². The van der Waals surface area contributed by atoms with E-state index >= 15 is 0 Å². The number of anilines is 1. The molecule has 2 N–H and O–H groups in total. The second-order valence-electron chi connectivity index (χ2n) is 4.80. The lowest BCUT2D eigenvalue weighted by molar-refractivity contribution is 0.761. The van der Waals surface area contributed by atoms with Crippen LogP contribution in [0.5, 0.6) is 0 Å². The van der Waals surface area contributed by atoms with Crippen molar-refractivity contribution in [3.8, 4) is 0 Å². The standard InChI is InChI=1S/C14H19ClN4/c1-10(16)12-5-4-11(8-13(12)15)19(3)9-14-17-6-7-18(14)2/h4-8,10H,9,16H2,1-3H3. The lowest BCUT2D eigenvalue weighted by Gasteiger charge is -2.20. The van der Waals surface area contributed by atoms with Crippen molar-refractivity contribution >= 4 is 17.3 Å². The molecule has 0 aliphatic heterocycles. The van der Waals surface area contributed by atoms with Gasteiger partial charge in [-0.2, -0.15) is 0 Å². The molecule has 0 fully saturated rings. The first-order valence-corrected chi connectivity index (χ1v) is 6.59. The van der Waals surface area contributed by atoms with Gasteiger partial charge in [0.2, 0.25) is 0 Å². The molecule has 0 saturated heterocycles. The van der Waals surface area contributed by atoms with Crippen molar-refractivity contribution in [3.05, 3.63) is 47.0 Å². The third-order valence-corrected chi connectivity index (χ3v) is 3.54. The molecule has 1 unspecified atom stereocenters. The quantitative estimate of drug-likeness (QED) is 0.935. The highest BCUT2D eigenvalue weighted by Crippen LogP contribution is 2.27. The van der Waals surface area contributed by atoms with Crippen molar-refractivity contribution < 1.29 is 0 Å². The molecule has 102 valence electrons. The van der Waals surface area contributed by atoms with Gasteiger partial charge in [0, 0.05) is 43.2 Å². The number of hydrogen-bond donors (Lipinski definition) is 1. The molecule has 0 aliphatic carbocycles. The summed E-state index contributed by atoms with van der Waals surface area (Å²) in [7, 11) is 4.01. The van der Waals surface area contributed by atoms with E-state index in [1.807, 2.05) is 50.0 Å². The van der Waals surface area contributed by atoms with E-state index < -0.39 is 0 Å². The molecule has 4 nitrogen and oxygen atoms in total. The first kappa shape index (κ1) is 13.9. The Labute approximate surface area is 118 Å². The van der Waals surface area contributed by atoms with E-state index in [-0.39, 0.29) is 6.04 Å². The van der Waals surface area contributed by atoms with Gasteiger partial charge in [0.15, 0.2) is 0 Å². The number of benzene rings is 1. The number of nitrogens with zero attached hydrogens (tertiary/aromatic N) is 3. The van der Waals surface area contributed by atoms with Crippen LogP contribution in [0.15, 0.2) is 30.6 Å². The molecule has 1 aromatic carbocycles. The van der Waals surface area contributed by atoms with E-state index in [0.717, 1.165) is 23.6 Å². The zero-order valence-corrected chi connectivity index (χ0v) is 12.2. The number of hydrogen-bond acceptors (Lipinski definition) is 3. The van der Waals surface area contributed by atoms with E-state index in [1.54, 1.807) is 6.20 Å². The van der Waals surface area contributed by atoms with Crippen LogP contribution >= 0.6 is 11.6 Å². The summed E-state index contributed by atoms with van der Waals surface area (Å²) >= 11 is 6.25. The molecule has 0 amide bonds. The molecule has 0 bridgehead atoms. The first-order valence-electron chi connectivity index (χ1n) is 6.21. The predicted octanol–water partition coefficient (Wildman–Crippen LogP) is 2.73. The van der Waals surface area contributed by atoms with E-state index in [0.29, 0.717) is 5.02 Å². The number of nitrogens with two attached hydrogens (primary N) is 1. The maximum Gasteiger partial charge on any atom is 0.127 e. The van der Waals surface area contributed by atoms with Crippen molar-refractivity contribution in [1.82, 2.24) is 9.55 Å². The molecule has 5 heteroatoms. The van der Waals surface area contributed by atoms with Gasteiger partial charge in [0.25, 0.3) is 0 Å². The Kier molecular flexibility index (Phi) is 4.12. The summed E-state index contributed by atoms with van der Waals surface area (Å²) in [6, 6.07) is 5.91. The van der Waals surface area contributed by atoms with E-state index in [1.165, 1.54) is 0 Å². The summed E-state index contributed by atoms with van der Waals surface area (Å²) < 4.78 is 2.01. The minimum Gasteiger partial charge on any atom is -0.367 e. The number of aryl methyl sites for hydroxylation is 1. The van der Waals surface area contributed by atoms with Gasteiger partial charge < -0.3 is 15.2 Å². The summed E-state index contributed by atoms with van der Waals surface area (Å²) in [5.41, 5.74) is 7.88. The van der Waals surface area contributed by atoms with Gasteiger partial charge in [-0.1, -0.05) is 17.7 Å². The lowest BCUT2D eigenvalue weighted by atomic mass is 10.1. The maximum atomic E-state index is 6.25. The van der Waals surface area contributed by atoms with Gasteiger partial charge in [-0.15, -0.1) is 0 Å². The van der Waals surface area contributed by atoms with E-state index in [9.17, 15) is 0 Å². The Hall–Kier alpha value is -1.52. The van der Waals surface area contributed by atoms with Gasteiger partial charge in [-0.25, -0.2) is 4.98 Å². The SMILES string of the molecule is CC(N)c1ccc(N(C)Cc2nccn2C)cc1Cl. The molecule has 0 aliphatic rings. The van der Waals surface area contributed by atoms with Crippen molar-refractivity contribution in [3.63, 3.8) is 0 Å². The molecule has 0 spiro atoms. The molecular weight excluding hydrogens is 260 g/mol. The summed E-state index contributed by atoms with van der Waals surface area (Å²) in [5, 5.41) is 0.708. The molecule has 0 radical (unpaired) electrons. The highest BCUT2D eigenvalue weighted by Gasteiger charge is 2.10. The van der Waals surface area contributed by atoms with Crippen LogP contribution in [0.2, 0.25) is 5.02 Å². The van der Waals surface area contributed by atoms with E-state index in [4.69, 9.17) is 17.3 Å². The Morgan fingerprint density at radius 2 is 2.21 bits per heavy atom. The number of aromatic nitrogens is 2. The summed E-state index contributed by atoms with van der Waals surface area (Å²) in [5.74, 6) is 1.01. The minimum absolute atomic E-state index is 0.0543. The highest BCUT2D eigenvalue weighted by atomic mass is 35.5. The van der Waals surface area contributed by atoms with Crippen LogP contribution in [0.3, 0.4) is 0 Å². The summed E-state index contributed by atoms with van der Waals surface area (Å²) in [6.07, 6.45) is 3.74. The van der Waals surface area contributed by atoms with Crippen molar-refractivity contribution in [2.24, 2.45) is 12.8 Å². The molecule has 0 saturated carbocycles. The highest BCUT2D eigenvalue weighted by molar-refractivity contribution is 6.31. The van der Waals surface area contributed by atoms with Gasteiger partial charge in [-0.05, 0) is 24.6 Å². The first-order chi connectivity index (χ1) is 8.99. The largest absolute Gasteiger partial charge is 0.367 e. The third kappa shape index (κ3) is 3.08. The van der Waals surface area contributed by atoms with E-state index in [2.05, 4.69) is 9.88 Å². The molecule has 19 heavy (non-hydrogen) atoms.